The van der Waals surface area contributed by atoms with Crippen molar-refractivity contribution in [2.24, 2.45) is 5.73 Å². The summed E-state index contributed by atoms with van der Waals surface area (Å²) in [6, 6.07) is 0.135. The van der Waals surface area contributed by atoms with Crippen LogP contribution < -0.4 is 16.4 Å². The largest absolute Gasteiger partial charge is 0.389 e. The van der Waals surface area contributed by atoms with E-state index in [1.807, 2.05) is 27.7 Å². The molecule has 0 aliphatic heterocycles. The lowest BCUT2D eigenvalue weighted by atomic mass is 10.1. The summed E-state index contributed by atoms with van der Waals surface area (Å²) >= 11 is 5.05. The Kier molecular flexibility index (Phi) is 5.82. The topological polar surface area (TPSA) is 92.9 Å². The molecule has 6 nitrogen and oxygen atoms in total. The van der Waals surface area contributed by atoms with Crippen molar-refractivity contribution < 1.29 is 4.79 Å². The molecule has 0 radical (unpaired) electrons. The number of aromatic nitrogens is 2. The van der Waals surface area contributed by atoms with E-state index in [2.05, 4.69) is 20.8 Å². The van der Waals surface area contributed by atoms with E-state index in [4.69, 9.17) is 18.0 Å². The zero-order valence-electron chi connectivity index (χ0n) is 12.3. The summed E-state index contributed by atoms with van der Waals surface area (Å²) in [5.41, 5.74) is 8.11. The minimum absolute atomic E-state index is 0.0128. The maximum absolute atomic E-state index is 11.5. The highest BCUT2D eigenvalue weighted by atomic mass is 32.1. The molecule has 4 N–H and O–H groups in total. The quantitative estimate of drug-likeness (QED) is 0.679. The van der Waals surface area contributed by atoms with Gasteiger partial charge in [0.25, 0.3) is 0 Å². The number of nitrogens with two attached hydrogens (primary N) is 1. The van der Waals surface area contributed by atoms with E-state index < -0.39 is 0 Å². The van der Waals surface area contributed by atoms with E-state index in [9.17, 15) is 4.79 Å². The molecule has 1 aromatic rings. The molecule has 1 rings (SSSR count). The Labute approximate surface area is 124 Å². The van der Waals surface area contributed by atoms with E-state index in [-0.39, 0.29) is 16.9 Å². The van der Waals surface area contributed by atoms with Crippen LogP contribution in [0.4, 0.5) is 5.82 Å². The van der Waals surface area contributed by atoms with Crippen molar-refractivity contribution in [1.82, 2.24) is 15.5 Å². The van der Waals surface area contributed by atoms with Gasteiger partial charge in [0.05, 0.1) is 11.3 Å². The van der Waals surface area contributed by atoms with Crippen molar-refractivity contribution in [3.63, 3.8) is 0 Å². The number of carbonyl (C=O) groups is 1. The Bertz CT molecular complexity index is 516. The second kappa shape index (κ2) is 7.14. The number of nitrogens with one attached hydrogen (secondary N) is 2. The second-order valence-corrected chi connectivity index (χ2v) is 5.34. The zero-order chi connectivity index (χ0) is 15.3. The van der Waals surface area contributed by atoms with Crippen LogP contribution in [0, 0.1) is 13.8 Å². The zero-order valence-corrected chi connectivity index (χ0v) is 13.1. The average molecular weight is 295 g/mol. The first-order valence-corrected chi connectivity index (χ1v) is 6.90. The first-order chi connectivity index (χ1) is 9.32. The molecule has 1 aromatic heterocycles. The molecule has 0 saturated carbocycles. The van der Waals surface area contributed by atoms with Gasteiger partial charge in [-0.2, -0.15) is 5.10 Å². The van der Waals surface area contributed by atoms with Gasteiger partial charge in [-0.05, 0) is 33.3 Å². The standard InChI is InChI=1S/C13H21N5OS/c1-7(2)16-10(19)5-6-15-13-11(12(14)20)8(3)9(4)17-18-13/h7H,5-6H2,1-4H3,(H2,14,20)(H,15,18)(H,16,19). The van der Waals surface area contributed by atoms with Crippen molar-refractivity contribution in [3.05, 3.63) is 16.8 Å². The number of hydrogen-bond acceptors (Lipinski definition) is 5. The van der Waals surface area contributed by atoms with Crippen LogP contribution in [0.2, 0.25) is 0 Å². The minimum Gasteiger partial charge on any atom is -0.389 e. The summed E-state index contributed by atoms with van der Waals surface area (Å²) in [5, 5.41) is 14.0. The Balaban J connectivity index is 2.72. The van der Waals surface area contributed by atoms with Crippen LogP contribution >= 0.6 is 12.2 Å². The maximum atomic E-state index is 11.5. The summed E-state index contributed by atoms with van der Waals surface area (Å²) in [6.07, 6.45) is 0.351. The third kappa shape index (κ3) is 4.41. The molecule has 0 unspecified atom stereocenters. The van der Waals surface area contributed by atoms with Gasteiger partial charge in [-0.1, -0.05) is 12.2 Å². The van der Waals surface area contributed by atoms with Gasteiger partial charge in [0, 0.05) is 19.0 Å². The summed E-state index contributed by atoms with van der Waals surface area (Å²) in [5.74, 6) is 0.513. The van der Waals surface area contributed by atoms with Gasteiger partial charge in [-0.25, -0.2) is 0 Å². The molecule has 0 atom stereocenters. The number of amides is 1. The van der Waals surface area contributed by atoms with Gasteiger partial charge in [0.2, 0.25) is 5.91 Å². The van der Waals surface area contributed by atoms with Crippen LogP contribution in [0.5, 0.6) is 0 Å². The third-order valence-corrected chi connectivity index (χ3v) is 3.00. The number of rotatable bonds is 6. The molecule has 0 aliphatic rings. The van der Waals surface area contributed by atoms with Crippen LogP contribution in [-0.2, 0) is 4.79 Å². The summed E-state index contributed by atoms with van der Waals surface area (Å²) in [4.78, 5) is 11.8. The lowest BCUT2D eigenvalue weighted by Gasteiger charge is -2.13. The molecule has 1 heterocycles. The maximum Gasteiger partial charge on any atom is 0.221 e. The van der Waals surface area contributed by atoms with Gasteiger partial charge >= 0.3 is 0 Å². The van der Waals surface area contributed by atoms with E-state index >= 15 is 0 Å². The molecule has 0 aliphatic carbocycles. The Morgan fingerprint density at radius 2 is 2.00 bits per heavy atom. The van der Waals surface area contributed by atoms with Crippen molar-refractivity contribution in [3.8, 4) is 0 Å². The molecule has 20 heavy (non-hydrogen) atoms. The average Bonchev–Trinajstić information content (AvgIpc) is 2.32. The van der Waals surface area contributed by atoms with Crippen molar-refractivity contribution in [2.75, 3.05) is 11.9 Å². The number of anilines is 1. The number of carbonyl (C=O) groups excluding carboxylic acids is 1. The van der Waals surface area contributed by atoms with Crippen LogP contribution in [0.3, 0.4) is 0 Å². The molecule has 0 spiro atoms. The molecule has 0 bridgehead atoms. The van der Waals surface area contributed by atoms with Gasteiger partial charge in [0.15, 0.2) is 5.82 Å². The van der Waals surface area contributed by atoms with Crippen LogP contribution in [0.15, 0.2) is 0 Å². The van der Waals surface area contributed by atoms with Gasteiger partial charge in [0.1, 0.15) is 4.99 Å². The number of nitrogens with zero attached hydrogens (tertiary/aromatic N) is 2. The fourth-order valence-corrected chi connectivity index (χ4v) is 1.97. The smallest absolute Gasteiger partial charge is 0.221 e. The first-order valence-electron chi connectivity index (χ1n) is 6.49. The second-order valence-electron chi connectivity index (χ2n) is 4.90. The van der Waals surface area contributed by atoms with E-state index in [0.717, 1.165) is 11.3 Å². The molecule has 7 heteroatoms. The van der Waals surface area contributed by atoms with Crippen LogP contribution in [0.1, 0.15) is 37.1 Å². The van der Waals surface area contributed by atoms with E-state index in [1.165, 1.54) is 0 Å². The third-order valence-electron chi connectivity index (χ3n) is 2.80. The summed E-state index contributed by atoms with van der Waals surface area (Å²) in [7, 11) is 0. The number of aryl methyl sites for hydroxylation is 1. The number of hydrogen-bond donors (Lipinski definition) is 3. The summed E-state index contributed by atoms with van der Waals surface area (Å²) < 4.78 is 0. The molecule has 110 valence electrons. The van der Waals surface area contributed by atoms with Gasteiger partial charge in [-0.3, -0.25) is 4.79 Å². The normalized spacial score (nSPS) is 10.4. The van der Waals surface area contributed by atoms with E-state index in [1.54, 1.807) is 0 Å². The van der Waals surface area contributed by atoms with E-state index in [0.29, 0.717) is 24.3 Å². The Morgan fingerprint density at radius 3 is 2.55 bits per heavy atom. The lowest BCUT2D eigenvalue weighted by molar-refractivity contribution is -0.121. The molecular weight excluding hydrogens is 274 g/mol. The van der Waals surface area contributed by atoms with Crippen LogP contribution in [0.25, 0.3) is 0 Å². The predicted octanol–water partition coefficient (Wildman–Crippen LogP) is 1.05. The van der Waals surface area contributed by atoms with Gasteiger partial charge in [-0.15, -0.1) is 5.10 Å². The minimum atomic E-state index is -0.0128. The fourth-order valence-electron chi connectivity index (χ4n) is 1.72. The molecule has 0 fully saturated rings. The SMILES string of the molecule is Cc1nnc(NCCC(=O)NC(C)C)c(C(N)=S)c1C. The molecule has 1 amide bonds. The van der Waals surface area contributed by atoms with Crippen molar-refractivity contribution in [1.29, 1.82) is 0 Å². The van der Waals surface area contributed by atoms with Crippen LogP contribution in [-0.4, -0.2) is 33.7 Å². The highest BCUT2D eigenvalue weighted by Crippen LogP contribution is 2.18. The Hall–Kier alpha value is -1.76. The molecule has 0 aromatic carbocycles. The first kappa shape index (κ1) is 16.3. The highest BCUT2D eigenvalue weighted by Gasteiger charge is 2.13. The van der Waals surface area contributed by atoms with Gasteiger partial charge < -0.3 is 16.4 Å². The fraction of sp³-hybridized carbons (Fsp3) is 0.538. The Morgan fingerprint density at radius 1 is 1.35 bits per heavy atom. The van der Waals surface area contributed by atoms with Crippen molar-refractivity contribution >= 4 is 28.9 Å². The predicted molar refractivity (Wildman–Crippen MR) is 83.8 cm³/mol. The molecule has 0 saturated heterocycles. The van der Waals surface area contributed by atoms with Crippen molar-refractivity contribution in [2.45, 2.75) is 40.2 Å². The number of thiocarbonyl (C=S) groups is 1. The lowest BCUT2D eigenvalue weighted by Crippen LogP contribution is -2.31. The summed E-state index contributed by atoms with van der Waals surface area (Å²) in [6.45, 7) is 8.04. The monoisotopic (exact) mass is 295 g/mol. The highest BCUT2D eigenvalue weighted by molar-refractivity contribution is 7.80. The molecular formula is C13H21N5OS.